The number of carbonyl (C=O) groups is 2. The summed E-state index contributed by atoms with van der Waals surface area (Å²) >= 11 is 0. The Bertz CT molecular complexity index is 1090. The van der Waals surface area contributed by atoms with Crippen LogP contribution >= 0.6 is 0 Å². The van der Waals surface area contributed by atoms with Crippen molar-refractivity contribution >= 4 is 28.8 Å². The van der Waals surface area contributed by atoms with Crippen molar-refractivity contribution in [2.24, 2.45) is 0 Å². The highest BCUT2D eigenvalue weighted by atomic mass is 16.4. The number of hydrogen-bond donors (Lipinski definition) is 2. The number of fused-ring (bicyclic) bond motifs is 1. The van der Waals surface area contributed by atoms with Gasteiger partial charge in [-0.2, -0.15) is 0 Å². The first-order chi connectivity index (χ1) is 14.0. The second kappa shape index (κ2) is 7.37. The van der Waals surface area contributed by atoms with Gasteiger partial charge in [-0.25, -0.2) is 4.79 Å². The molecule has 0 bridgehead atoms. The fourth-order valence-electron chi connectivity index (χ4n) is 3.74. The second-order valence-electron chi connectivity index (χ2n) is 6.91. The SMILES string of the molecule is O=C(O)/C=C1\c2ccccc2N(c2ccccc2)C(=O)C1(O)Cc1ccccc1. The summed E-state index contributed by atoms with van der Waals surface area (Å²) in [4.78, 5) is 26.7. The number of nitrogens with zero attached hydrogens (tertiary/aromatic N) is 1. The lowest BCUT2D eigenvalue weighted by Crippen LogP contribution is -2.53. The number of rotatable bonds is 4. The van der Waals surface area contributed by atoms with E-state index in [0.29, 0.717) is 16.9 Å². The molecule has 2 N–H and O–H groups in total. The molecule has 0 aromatic heterocycles. The van der Waals surface area contributed by atoms with Gasteiger partial charge >= 0.3 is 5.97 Å². The average molecular weight is 385 g/mol. The van der Waals surface area contributed by atoms with Crippen molar-refractivity contribution in [1.82, 2.24) is 0 Å². The van der Waals surface area contributed by atoms with Crippen molar-refractivity contribution in [3.8, 4) is 0 Å². The third kappa shape index (κ3) is 3.32. The van der Waals surface area contributed by atoms with Crippen LogP contribution in [-0.2, 0) is 16.0 Å². The lowest BCUT2D eigenvalue weighted by atomic mass is 9.77. The van der Waals surface area contributed by atoms with Crippen LogP contribution in [0.25, 0.3) is 5.57 Å². The Morgan fingerprint density at radius 1 is 0.897 bits per heavy atom. The smallest absolute Gasteiger partial charge is 0.328 e. The summed E-state index contributed by atoms with van der Waals surface area (Å²) in [7, 11) is 0. The van der Waals surface area contributed by atoms with E-state index >= 15 is 0 Å². The lowest BCUT2D eigenvalue weighted by Gasteiger charge is -2.41. The fraction of sp³-hybridized carbons (Fsp3) is 0.0833. The Hall–Kier alpha value is -3.70. The molecule has 1 unspecified atom stereocenters. The van der Waals surface area contributed by atoms with Gasteiger partial charge in [0.25, 0.3) is 5.91 Å². The maximum atomic E-state index is 13.6. The third-order valence-electron chi connectivity index (χ3n) is 5.02. The molecule has 1 amide bonds. The summed E-state index contributed by atoms with van der Waals surface area (Å²) in [5.41, 5.74) is 0.439. The van der Waals surface area contributed by atoms with Gasteiger partial charge in [0, 0.05) is 29.3 Å². The van der Waals surface area contributed by atoms with E-state index in [2.05, 4.69) is 0 Å². The molecule has 3 aromatic rings. The quantitative estimate of drug-likeness (QED) is 0.670. The van der Waals surface area contributed by atoms with Gasteiger partial charge in [-0.05, 0) is 23.8 Å². The van der Waals surface area contributed by atoms with Gasteiger partial charge in [0.1, 0.15) is 0 Å². The normalized spacial score (nSPS) is 19.8. The number of carbonyl (C=O) groups excluding carboxylic acids is 1. The van der Waals surface area contributed by atoms with Gasteiger partial charge in [-0.3, -0.25) is 9.69 Å². The summed E-state index contributed by atoms with van der Waals surface area (Å²) in [5.74, 6) is -1.80. The highest BCUT2D eigenvalue weighted by molar-refractivity contribution is 6.19. The monoisotopic (exact) mass is 385 g/mol. The molecular formula is C24H19NO4. The third-order valence-corrected chi connectivity index (χ3v) is 5.02. The highest BCUT2D eigenvalue weighted by Gasteiger charge is 2.49. The molecule has 0 saturated carbocycles. The number of aliphatic hydroxyl groups is 1. The number of benzene rings is 3. The van der Waals surface area contributed by atoms with E-state index in [9.17, 15) is 19.8 Å². The Kier molecular flexibility index (Phi) is 4.74. The van der Waals surface area contributed by atoms with E-state index in [1.54, 1.807) is 48.5 Å². The van der Waals surface area contributed by atoms with Gasteiger partial charge in [0.05, 0.1) is 5.69 Å². The number of carboxylic acids is 1. The van der Waals surface area contributed by atoms with E-state index in [-0.39, 0.29) is 12.0 Å². The Morgan fingerprint density at radius 3 is 2.14 bits per heavy atom. The Morgan fingerprint density at radius 2 is 1.48 bits per heavy atom. The van der Waals surface area contributed by atoms with Gasteiger partial charge in [-0.1, -0.05) is 66.7 Å². The molecule has 0 radical (unpaired) electrons. The van der Waals surface area contributed by atoms with E-state index in [4.69, 9.17) is 0 Å². The van der Waals surface area contributed by atoms with Gasteiger partial charge in [0.15, 0.2) is 5.60 Å². The molecule has 0 fully saturated rings. The number of para-hydroxylation sites is 2. The average Bonchev–Trinajstić information content (AvgIpc) is 2.73. The summed E-state index contributed by atoms with van der Waals surface area (Å²) in [5, 5.41) is 21.1. The molecule has 1 aliphatic rings. The van der Waals surface area contributed by atoms with Crippen molar-refractivity contribution in [3.05, 3.63) is 102 Å². The van der Waals surface area contributed by atoms with Crippen LogP contribution in [-0.4, -0.2) is 27.7 Å². The summed E-state index contributed by atoms with van der Waals surface area (Å²) < 4.78 is 0. The van der Waals surface area contributed by atoms with Crippen LogP contribution in [0.1, 0.15) is 11.1 Å². The number of carboxylic acid groups (broad SMARTS) is 1. The molecule has 144 valence electrons. The topological polar surface area (TPSA) is 77.8 Å². The van der Waals surface area contributed by atoms with E-state index in [1.165, 1.54) is 4.90 Å². The summed E-state index contributed by atoms with van der Waals surface area (Å²) in [6, 6.07) is 25.1. The molecule has 1 aliphatic heterocycles. The number of anilines is 2. The number of amides is 1. The van der Waals surface area contributed by atoms with Crippen molar-refractivity contribution in [2.45, 2.75) is 12.0 Å². The largest absolute Gasteiger partial charge is 0.478 e. The minimum atomic E-state index is -2.02. The Balaban J connectivity index is 1.96. The molecule has 5 nitrogen and oxygen atoms in total. The van der Waals surface area contributed by atoms with Crippen LogP contribution in [0.15, 0.2) is 91.0 Å². The zero-order valence-corrected chi connectivity index (χ0v) is 15.5. The van der Waals surface area contributed by atoms with E-state index in [1.807, 2.05) is 36.4 Å². The van der Waals surface area contributed by atoms with Crippen molar-refractivity contribution in [3.63, 3.8) is 0 Å². The molecule has 29 heavy (non-hydrogen) atoms. The minimum absolute atomic E-state index is 0.0382. The van der Waals surface area contributed by atoms with Crippen molar-refractivity contribution in [1.29, 1.82) is 0 Å². The van der Waals surface area contributed by atoms with E-state index < -0.39 is 17.5 Å². The first-order valence-corrected chi connectivity index (χ1v) is 9.21. The maximum absolute atomic E-state index is 13.6. The van der Waals surface area contributed by atoms with Crippen molar-refractivity contribution < 1.29 is 19.8 Å². The highest BCUT2D eigenvalue weighted by Crippen LogP contribution is 2.45. The maximum Gasteiger partial charge on any atom is 0.328 e. The predicted molar refractivity (Wildman–Crippen MR) is 111 cm³/mol. The molecule has 0 aliphatic carbocycles. The molecule has 4 rings (SSSR count). The summed E-state index contributed by atoms with van der Waals surface area (Å²) in [6.45, 7) is 0. The molecule has 1 atom stereocenters. The van der Waals surface area contributed by atoms with E-state index in [0.717, 1.165) is 11.6 Å². The second-order valence-corrected chi connectivity index (χ2v) is 6.91. The first-order valence-electron chi connectivity index (χ1n) is 9.21. The van der Waals surface area contributed by atoms with Crippen molar-refractivity contribution in [2.75, 3.05) is 4.90 Å². The van der Waals surface area contributed by atoms with Gasteiger partial charge in [0.2, 0.25) is 0 Å². The molecule has 3 aromatic carbocycles. The fourth-order valence-corrected chi connectivity index (χ4v) is 3.74. The first kappa shape index (κ1) is 18.7. The van der Waals surface area contributed by atoms with Crippen LogP contribution in [0.4, 0.5) is 11.4 Å². The number of hydrogen-bond acceptors (Lipinski definition) is 3. The van der Waals surface area contributed by atoms with Crippen LogP contribution in [0.5, 0.6) is 0 Å². The minimum Gasteiger partial charge on any atom is -0.478 e. The molecular weight excluding hydrogens is 366 g/mol. The number of aliphatic carboxylic acids is 1. The molecule has 1 heterocycles. The molecule has 0 saturated heterocycles. The zero-order chi connectivity index (χ0) is 20.4. The van der Waals surface area contributed by atoms with Gasteiger partial charge < -0.3 is 10.2 Å². The molecule has 5 heteroatoms. The van der Waals surface area contributed by atoms with Crippen LogP contribution in [0.2, 0.25) is 0 Å². The lowest BCUT2D eigenvalue weighted by molar-refractivity contribution is -0.131. The van der Waals surface area contributed by atoms with Crippen LogP contribution in [0.3, 0.4) is 0 Å². The zero-order valence-electron chi connectivity index (χ0n) is 15.5. The van der Waals surface area contributed by atoms with Crippen LogP contribution < -0.4 is 4.90 Å². The molecule has 0 spiro atoms. The van der Waals surface area contributed by atoms with Gasteiger partial charge in [-0.15, -0.1) is 0 Å². The summed E-state index contributed by atoms with van der Waals surface area (Å²) in [6.07, 6.45) is 0.894. The standard InChI is InChI=1S/C24H19NO4/c26-22(27)15-20-19-13-7-8-14-21(19)25(18-11-5-2-6-12-18)23(28)24(20,29)16-17-9-3-1-4-10-17/h1-15,29H,16H2,(H,26,27)/b20-15+. The predicted octanol–water partition coefficient (Wildman–Crippen LogP) is 3.81. The van der Waals surface area contributed by atoms with Crippen LogP contribution in [0, 0.1) is 0 Å². The Labute approximate surface area is 168 Å².